The van der Waals surface area contributed by atoms with Gasteiger partial charge in [-0.25, -0.2) is 0 Å². The fraction of sp³-hybridized carbons (Fsp3) is 0.167. The number of carbonyl (C=O) groups is 1. The van der Waals surface area contributed by atoms with Crippen LogP contribution >= 0.6 is 11.6 Å². The molecule has 0 atom stereocenters. The summed E-state index contributed by atoms with van der Waals surface area (Å²) in [4.78, 5) is 27.3. The molecule has 0 aliphatic heterocycles. The van der Waals surface area contributed by atoms with E-state index in [0.29, 0.717) is 12.0 Å². The van der Waals surface area contributed by atoms with Gasteiger partial charge >= 0.3 is 5.82 Å². The predicted octanol–water partition coefficient (Wildman–Crippen LogP) is 3.64. The summed E-state index contributed by atoms with van der Waals surface area (Å²) in [6.07, 6.45) is 6.76. The van der Waals surface area contributed by atoms with Crippen molar-refractivity contribution in [2.75, 3.05) is 0 Å². The van der Waals surface area contributed by atoms with Crippen LogP contribution in [0.5, 0.6) is 0 Å². The minimum Gasteiger partial charge on any atom is -0.358 e. The molecule has 0 saturated carbocycles. The van der Waals surface area contributed by atoms with Gasteiger partial charge in [0.2, 0.25) is 0 Å². The van der Waals surface area contributed by atoms with Crippen molar-refractivity contribution in [2.45, 2.75) is 25.7 Å². The highest BCUT2D eigenvalue weighted by Gasteiger charge is 2.22. The van der Waals surface area contributed by atoms with Gasteiger partial charge < -0.3 is 10.1 Å². The van der Waals surface area contributed by atoms with E-state index in [4.69, 9.17) is 11.6 Å². The molecule has 0 spiro atoms. The number of carbonyl (C=O) groups excluding carboxylic acids is 1. The van der Waals surface area contributed by atoms with Crippen molar-refractivity contribution in [2.24, 2.45) is 0 Å². The Kier molecular flexibility index (Phi) is 4.48. The summed E-state index contributed by atoms with van der Waals surface area (Å²) in [5.74, 6) is -0.371. The maximum absolute atomic E-state index is 13.2. The lowest BCUT2D eigenvalue weighted by Gasteiger charge is -2.20. The van der Waals surface area contributed by atoms with Gasteiger partial charge in [-0.15, -0.1) is 0 Å². The highest BCUT2D eigenvalue weighted by Crippen LogP contribution is 2.24. The third-order valence-corrected chi connectivity index (χ3v) is 6.26. The van der Waals surface area contributed by atoms with E-state index < -0.39 is 4.92 Å². The number of benzene rings is 2. The Morgan fingerprint density at radius 2 is 1.83 bits per heavy atom. The van der Waals surface area contributed by atoms with Crippen LogP contribution in [0.1, 0.15) is 34.3 Å². The van der Waals surface area contributed by atoms with Crippen LogP contribution in [-0.4, -0.2) is 15.7 Å². The molecule has 0 N–H and O–H groups in total. The number of ketones is 1. The fourth-order valence-electron chi connectivity index (χ4n) is 4.55. The van der Waals surface area contributed by atoms with E-state index in [0.717, 1.165) is 45.5 Å². The minimum absolute atomic E-state index is 0.110. The van der Waals surface area contributed by atoms with Gasteiger partial charge in [0, 0.05) is 16.7 Å². The number of halogens is 1. The minimum atomic E-state index is -0.565. The van der Waals surface area contributed by atoms with Crippen molar-refractivity contribution >= 4 is 34.9 Å². The molecular weight excluding hydrogens is 400 g/mol. The lowest BCUT2D eigenvalue weighted by atomic mass is 9.84. The molecule has 30 heavy (non-hydrogen) atoms. The molecule has 2 aliphatic rings. The fourth-order valence-corrected chi connectivity index (χ4v) is 4.80. The number of hydrogen-bond donors (Lipinski definition) is 0. The average molecular weight is 417 g/mol. The normalized spacial score (nSPS) is 14.2. The Balaban J connectivity index is 1.72. The monoisotopic (exact) mass is 416 g/mol. The molecule has 148 valence electrons. The third kappa shape index (κ3) is 2.94. The quantitative estimate of drug-likeness (QED) is 0.371. The highest BCUT2D eigenvalue weighted by atomic mass is 35.5. The molecule has 0 radical (unpaired) electrons. The van der Waals surface area contributed by atoms with E-state index in [2.05, 4.69) is 23.2 Å². The van der Waals surface area contributed by atoms with Gasteiger partial charge in [-0.1, -0.05) is 41.9 Å². The summed E-state index contributed by atoms with van der Waals surface area (Å²) in [5, 5.41) is 16.0. The van der Waals surface area contributed by atoms with Crippen LogP contribution in [0.2, 0.25) is 5.02 Å². The van der Waals surface area contributed by atoms with E-state index in [1.165, 1.54) is 34.7 Å². The molecule has 0 unspecified atom stereocenters. The number of rotatable bonds is 3. The first-order valence-electron chi connectivity index (χ1n) is 9.83. The lowest BCUT2D eigenvalue weighted by molar-refractivity contribution is -0.389. The van der Waals surface area contributed by atoms with Gasteiger partial charge in [0.15, 0.2) is 12.0 Å². The SMILES string of the molecule is O=C(C1=c2ccc3c(c2CCC1)CC=c1c(Cl)cccc1=3)c1ccc([N+](=O)[O-])nc1. The largest absolute Gasteiger partial charge is 0.363 e. The topological polar surface area (TPSA) is 73.1 Å². The van der Waals surface area contributed by atoms with Crippen LogP contribution in [-0.2, 0) is 12.8 Å². The lowest BCUT2D eigenvalue weighted by Crippen LogP contribution is -2.26. The molecule has 0 saturated heterocycles. The molecule has 6 heteroatoms. The van der Waals surface area contributed by atoms with Crippen molar-refractivity contribution in [1.82, 2.24) is 4.98 Å². The average Bonchev–Trinajstić information content (AvgIpc) is 2.78. The van der Waals surface area contributed by atoms with Crippen LogP contribution in [0, 0.1) is 20.6 Å². The van der Waals surface area contributed by atoms with Gasteiger partial charge in [0.05, 0.1) is 5.56 Å². The maximum Gasteiger partial charge on any atom is 0.363 e. The summed E-state index contributed by atoms with van der Waals surface area (Å²) in [5.41, 5.74) is 3.62. The summed E-state index contributed by atoms with van der Waals surface area (Å²) in [7, 11) is 0. The van der Waals surface area contributed by atoms with Crippen LogP contribution in [0.3, 0.4) is 0 Å². The zero-order valence-corrected chi connectivity index (χ0v) is 16.8. The summed E-state index contributed by atoms with van der Waals surface area (Å²) >= 11 is 6.39. The van der Waals surface area contributed by atoms with Crippen LogP contribution in [0.15, 0.2) is 48.7 Å². The maximum atomic E-state index is 13.2. The molecule has 5 rings (SSSR count). The first kappa shape index (κ1) is 18.7. The van der Waals surface area contributed by atoms with Crippen molar-refractivity contribution in [1.29, 1.82) is 0 Å². The first-order valence-corrected chi connectivity index (χ1v) is 10.2. The molecule has 1 heterocycles. The molecule has 2 aromatic carbocycles. The van der Waals surface area contributed by atoms with Crippen molar-refractivity contribution in [3.8, 4) is 0 Å². The zero-order chi connectivity index (χ0) is 20.8. The molecular formula is C24H17ClN2O3. The summed E-state index contributed by atoms with van der Waals surface area (Å²) in [6.45, 7) is 0. The van der Waals surface area contributed by atoms with E-state index in [1.807, 2.05) is 18.2 Å². The first-order chi connectivity index (χ1) is 14.5. The van der Waals surface area contributed by atoms with E-state index in [1.54, 1.807) is 0 Å². The van der Waals surface area contributed by atoms with Gasteiger partial charge in [-0.2, -0.15) is 0 Å². The predicted molar refractivity (Wildman–Crippen MR) is 115 cm³/mol. The second kappa shape index (κ2) is 7.18. The van der Waals surface area contributed by atoms with Gasteiger partial charge in [-0.3, -0.25) is 4.79 Å². The Bertz CT molecular complexity index is 1440. The van der Waals surface area contributed by atoms with Crippen LogP contribution < -0.4 is 10.4 Å². The van der Waals surface area contributed by atoms with Gasteiger partial charge in [0.1, 0.15) is 0 Å². The van der Waals surface area contributed by atoms with Gasteiger partial charge in [0.25, 0.3) is 0 Å². The summed E-state index contributed by atoms with van der Waals surface area (Å²) in [6, 6.07) is 12.8. The van der Waals surface area contributed by atoms with Crippen LogP contribution in [0.25, 0.3) is 11.6 Å². The third-order valence-electron chi connectivity index (χ3n) is 5.93. The van der Waals surface area contributed by atoms with Crippen LogP contribution in [0.4, 0.5) is 5.82 Å². The second-order valence-corrected chi connectivity index (χ2v) is 7.96. The standard InChI is InChI=1S/C24H17ClN2O3/c25-22-6-2-4-16-18-8-9-19-15(17(18)10-11-20(16)22)3-1-5-21(19)24(28)14-7-12-23(26-13-14)27(29)30/h2,4,6-9,11-13H,1,3,5,10H2. The van der Waals surface area contributed by atoms with Crippen molar-refractivity contribution in [3.63, 3.8) is 0 Å². The number of nitrogens with zero attached hydrogens (tertiary/aromatic N) is 2. The molecule has 1 aromatic heterocycles. The molecule has 3 aromatic rings. The number of aromatic nitrogens is 1. The highest BCUT2D eigenvalue weighted by molar-refractivity contribution is 6.30. The number of fused-ring (bicyclic) bond motifs is 4. The number of Topliss-reactive ketones (excluding diaryl/α,β-unsaturated/α-hetero) is 1. The van der Waals surface area contributed by atoms with Gasteiger partial charge in [-0.05, 0) is 79.7 Å². The van der Waals surface area contributed by atoms with E-state index in [9.17, 15) is 14.9 Å². The summed E-state index contributed by atoms with van der Waals surface area (Å²) < 4.78 is 0. The molecule has 5 nitrogen and oxygen atoms in total. The van der Waals surface area contributed by atoms with Crippen molar-refractivity contribution in [3.05, 3.63) is 101 Å². The van der Waals surface area contributed by atoms with E-state index >= 15 is 0 Å². The number of nitro groups is 1. The Morgan fingerprint density at radius 3 is 2.60 bits per heavy atom. The smallest absolute Gasteiger partial charge is 0.358 e. The van der Waals surface area contributed by atoms with Crippen molar-refractivity contribution < 1.29 is 9.72 Å². The molecule has 0 fully saturated rings. The Labute approximate surface area is 176 Å². The Hall–Kier alpha value is -3.31. The zero-order valence-electron chi connectivity index (χ0n) is 16.0. The molecule has 2 aliphatic carbocycles. The number of pyridine rings is 1. The Morgan fingerprint density at radius 1 is 1.00 bits per heavy atom. The second-order valence-electron chi connectivity index (χ2n) is 7.55. The number of hydrogen-bond acceptors (Lipinski definition) is 4. The van der Waals surface area contributed by atoms with E-state index in [-0.39, 0.29) is 11.6 Å². The molecule has 0 amide bonds. The molecule has 0 bridgehead atoms.